The van der Waals surface area contributed by atoms with E-state index in [-0.39, 0.29) is 18.3 Å². The van der Waals surface area contributed by atoms with Crippen LogP contribution < -0.4 is 10.2 Å². The van der Waals surface area contributed by atoms with Crippen LogP contribution in [0.2, 0.25) is 0 Å². The summed E-state index contributed by atoms with van der Waals surface area (Å²) in [5.41, 5.74) is 3.11. The van der Waals surface area contributed by atoms with E-state index in [1.165, 1.54) is 6.21 Å². The number of hydrazone groups is 1. The number of hydrogen-bond acceptors (Lipinski definition) is 4. The average molecular weight is 557 g/mol. The number of amides is 1. The minimum atomic E-state index is -0.376. The van der Waals surface area contributed by atoms with E-state index in [0.717, 1.165) is 15.2 Å². The third kappa shape index (κ3) is 5.31. The Morgan fingerprint density at radius 1 is 1.04 bits per heavy atom. The SMILES string of the molecule is O=C(COc1ccc2cc(Br)ccc2c1)N/N=C/c1cc(Br)c(O)c(Br)c1. The van der Waals surface area contributed by atoms with Gasteiger partial charge in [-0.3, -0.25) is 4.79 Å². The van der Waals surface area contributed by atoms with E-state index in [1.54, 1.807) is 12.1 Å². The van der Waals surface area contributed by atoms with Gasteiger partial charge in [0.1, 0.15) is 11.5 Å². The van der Waals surface area contributed by atoms with Crippen LogP contribution in [-0.4, -0.2) is 23.8 Å². The van der Waals surface area contributed by atoms with Crippen molar-refractivity contribution in [2.24, 2.45) is 5.10 Å². The summed E-state index contributed by atoms with van der Waals surface area (Å²) in [5, 5.41) is 15.7. The van der Waals surface area contributed by atoms with Crippen molar-refractivity contribution >= 4 is 70.7 Å². The highest BCUT2D eigenvalue weighted by atomic mass is 79.9. The second-order valence-electron chi connectivity index (χ2n) is 5.57. The molecule has 0 radical (unpaired) electrons. The van der Waals surface area contributed by atoms with Gasteiger partial charge >= 0.3 is 0 Å². The van der Waals surface area contributed by atoms with E-state index in [1.807, 2.05) is 36.4 Å². The lowest BCUT2D eigenvalue weighted by atomic mass is 10.1. The summed E-state index contributed by atoms with van der Waals surface area (Å²) >= 11 is 9.91. The topological polar surface area (TPSA) is 70.9 Å². The minimum Gasteiger partial charge on any atom is -0.506 e. The van der Waals surface area contributed by atoms with Crippen LogP contribution in [0.1, 0.15) is 5.56 Å². The molecule has 0 spiro atoms. The summed E-state index contributed by atoms with van der Waals surface area (Å²) in [6.45, 7) is -0.150. The van der Waals surface area contributed by atoms with Crippen LogP contribution in [0.5, 0.6) is 11.5 Å². The van der Waals surface area contributed by atoms with Gasteiger partial charge in [-0.05, 0) is 84.6 Å². The number of benzene rings is 3. The molecule has 0 bridgehead atoms. The van der Waals surface area contributed by atoms with Crippen molar-refractivity contribution in [3.05, 3.63) is 67.5 Å². The van der Waals surface area contributed by atoms with Gasteiger partial charge in [0.15, 0.2) is 6.61 Å². The fourth-order valence-corrected chi connectivity index (χ4v) is 3.90. The van der Waals surface area contributed by atoms with Crippen LogP contribution in [0.3, 0.4) is 0 Å². The molecule has 3 aromatic carbocycles. The number of phenols is 1. The smallest absolute Gasteiger partial charge is 0.277 e. The van der Waals surface area contributed by atoms with E-state index in [4.69, 9.17) is 4.74 Å². The van der Waals surface area contributed by atoms with Gasteiger partial charge in [-0.1, -0.05) is 28.1 Å². The molecule has 27 heavy (non-hydrogen) atoms. The number of ether oxygens (including phenoxy) is 1. The molecular weight excluding hydrogens is 544 g/mol. The Morgan fingerprint density at radius 2 is 1.70 bits per heavy atom. The van der Waals surface area contributed by atoms with Crippen LogP contribution in [-0.2, 0) is 4.79 Å². The van der Waals surface area contributed by atoms with Crippen LogP contribution in [0.15, 0.2) is 67.1 Å². The zero-order valence-corrected chi connectivity index (χ0v) is 18.5. The van der Waals surface area contributed by atoms with Crippen LogP contribution in [0.25, 0.3) is 10.8 Å². The normalized spacial score (nSPS) is 11.1. The maximum absolute atomic E-state index is 11.9. The number of carbonyl (C=O) groups excluding carboxylic acids is 1. The first-order valence-electron chi connectivity index (χ1n) is 7.74. The summed E-state index contributed by atoms with van der Waals surface area (Å²) in [6.07, 6.45) is 1.47. The molecule has 1 amide bonds. The van der Waals surface area contributed by atoms with Crippen LogP contribution >= 0.6 is 47.8 Å². The lowest BCUT2D eigenvalue weighted by molar-refractivity contribution is -0.123. The molecule has 2 N–H and O–H groups in total. The quantitative estimate of drug-likeness (QED) is 0.328. The standard InChI is InChI=1S/C19H13Br3N2O3/c20-14-3-1-13-8-15(4-2-12(13)7-14)27-10-18(25)24-23-9-11-5-16(21)19(26)17(22)6-11/h1-9,26H,10H2,(H,24,25)/b23-9+. The van der Waals surface area contributed by atoms with Crippen molar-refractivity contribution in [2.45, 2.75) is 0 Å². The zero-order valence-electron chi connectivity index (χ0n) is 13.7. The third-order valence-corrected chi connectivity index (χ3v) is 5.29. The van der Waals surface area contributed by atoms with Gasteiger partial charge in [-0.25, -0.2) is 5.43 Å². The van der Waals surface area contributed by atoms with Gasteiger partial charge < -0.3 is 9.84 Å². The van der Waals surface area contributed by atoms with Crippen molar-refractivity contribution in [1.29, 1.82) is 0 Å². The molecule has 0 unspecified atom stereocenters. The predicted molar refractivity (Wildman–Crippen MR) is 116 cm³/mol. The monoisotopic (exact) mass is 554 g/mol. The predicted octanol–water partition coefficient (Wildman–Crippen LogP) is 5.36. The van der Waals surface area contributed by atoms with Crippen LogP contribution in [0.4, 0.5) is 0 Å². The molecule has 0 aliphatic rings. The van der Waals surface area contributed by atoms with Crippen molar-refractivity contribution in [3.8, 4) is 11.5 Å². The summed E-state index contributed by atoms with van der Waals surface area (Å²) in [5.74, 6) is 0.335. The highest BCUT2D eigenvalue weighted by Gasteiger charge is 2.05. The number of carbonyl (C=O) groups is 1. The Bertz CT molecular complexity index is 1010. The largest absolute Gasteiger partial charge is 0.506 e. The molecule has 0 saturated carbocycles. The molecule has 0 saturated heterocycles. The molecule has 3 rings (SSSR count). The number of nitrogens with one attached hydrogen (secondary N) is 1. The minimum absolute atomic E-state index is 0.104. The van der Waals surface area contributed by atoms with Gasteiger partial charge in [0.05, 0.1) is 15.2 Å². The van der Waals surface area contributed by atoms with Gasteiger partial charge in [0.2, 0.25) is 0 Å². The Hall–Kier alpha value is -1.90. The molecule has 0 fully saturated rings. The number of hydrogen-bond donors (Lipinski definition) is 2. The van der Waals surface area contributed by atoms with Crippen molar-refractivity contribution < 1.29 is 14.6 Å². The van der Waals surface area contributed by atoms with Gasteiger partial charge in [0, 0.05) is 4.47 Å². The highest BCUT2D eigenvalue weighted by Crippen LogP contribution is 2.32. The maximum Gasteiger partial charge on any atom is 0.277 e. The average Bonchev–Trinajstić information content (AvgIpc) is 2.64. The number of phenolic OH excluding ortho intramolecular Hbond substituents is 1. The summed E-state index contributed by atoms with van der Waals surface area (Å²) in [7, 11) is 0. The Kier molecular flexibility index (Phi) is 6.51. The second-order valence-corrected chi connectivity index (χ2v) is 8.19. The second kappa shape index (κ2) is 8.86. The van der Waals surface area contributed by atoms with Crippen molar-refractivity contribution in [1.82, 2.24) is 5.43 Å². The number of rotatable bonds is 5. The van der Waals surface area contributed by atoms with E-state index >= 15 is 0 Å². The Morgan fingerprint density at radius 3 is 2.44 bits per heavy atom. The van der Waals surface area contributed by atoms with Gasteiger partial charge in [-0.2, -0.15) is 5.10 Å². The van der Waals surface area contributed by atoms with Gasteiger partial charge in [0.25, 0.3) is 5.91 Å². The fourth-order valence-electron chi connectivity index (χ4n) is 2.30. The number of halogens is 3. The first-order chi connectivity index (χ1) is 12.9. The lowest BCUT2D eigenvalue weighted by Crippen LogP contribution is -2.24. The first kappa shape index (κ1) is 19.9. The fraction of sp³-hybridized carbons (Fsp3) is 0.0526. The third-order valence-electron chi connectivity index (χ3n) is 3.59. The molecular formula is C19H13Br3N2O3. The van der Waals surface area contributed by atoms with Crippen molar-refractivity contribution in [3.63, 3.8) is 0 Å². The molecule has 0 aliphatic heterocycles. The molecule has 8 heteroatoms. The molecule has 0 heterocycles. The number of aromatic hydroxyl groups is 1. The summed E-state index contributed by atoms with van der Waals surface area (Å²) in [4.78, 5) is 11.9. The highest BCUT2D eigenvalue weighted by molar-refractivity contribution is 9.11. The molecule has 138 valence electrons. The number of fused-ring (bicyclic) bond motifs is 1. The zero-order chi connectivity index (χ0) is 19.4. The lowest BCUT2D eigenvalue weighted by Gasteiger charge is -2.07. The summed E-state index contributed by atoms with van der Waals surface area (Å²) in [6, 6.07) is 14.9. The van der Waals surface area contributed by atoms with Gasteiger partial charge in [-0.15, -0.1) is 0 Å². The Balaban J connectivity index is 1.56. The molecule has 3 aromatic rings. The molecule has 0 aliphatic carbocycles. The van der Waals surface area contributed by atoms with Crippen molar-refractivity contribution in [2.75, 3.05) is 6.61 Å². The molecule has 0 atom stereocenters. The number of nitrogens with zero attached hydrogens (tertiary/aromatic N) is 1. The maximum atomic E-state index is 11.9. The molecule has 5 nitrogen and oxygen atoms in total. The van der Waals surface area contributed by atoms with Crippen LogP contribution in [0, 0.1) is 0 Å². The van der Waals surface area contributed by atoms with E-state index in [2.05, 4.69) is 58.3 Å². The van der Waals surface area contributed by atoms with E-state index < -0.39 is 0 Å². The van der Waals surface area contributed by atoms with E-state index in [0.29, 0.717) is 20.3 Å². The first-order valence-corrected chi connectivity index (χ1v) is 10.1. The molecule has 0 aromatic heterocycles. The van der Waals surface area contributed by atoms with E-state index in [9.17, 15) is 9.90 Å². The Labute approximate surface area is 180 Å². The summed E-state index contributed by atoms with van der Waals surface area (Å²) < 4.78 is 7.57.